The summed E-state index contributed by atoms with van der Waals surface area (Å²) in [6.07, 6.45) is 2.04. The summed E-state index contributed by atoms with van der Waals surface area (Å²) in [5.41, 5.74) is 0. The van der Waals surface area contributed by atoms with Gasteiger partial charge in [-0.05, 0) is 55.8 Å². The van der Waals surface area contributed by atoms with Gasteiger partial charge in [-0.25, -0.2) is 0 Å². The number of alkyl halides is 9. The molecule has 0 aromatic heterocycles. The van der Waals surface area contributed by atoms with Gasteiger partial charge in [0.1, 0.15) is 0 Å². The Bertz CT molecular complexity index is 540. The SMILES string of the molecule is CCCCC1CCC(C2CCC(CCC(F)(F)C(F)(F)C(F)(F)C(F)(F)F)CC2)CC1. The largest absolute Gasteiger partial charge is 0.460 e. The predicted octanol–water partition coefficient (Wildman–Crippen LogP) is 9.04. The maximum Gasteiger partial charge on any atom is 0.460 e. The molecule has 2 rings (SSSR count). The Balaban J connectivity index is 1.80. The number of hydrogen-bond donors (Lipinski definition) is 0. The zero-order valence-corrected chi connectivity index (χ0v) is 17.9. The maximum atomic E-state index is 13.7. The van der Waals surface area contributed by atoms with Gasteiger partial charge in [-0.3, -0.25) is 0 Å². The van der Waals surface area contributed by atoms with Gasteiger partial charge < -0.3 is 0 Å². The van der Waals surface area contributed by atoms with Gasteiger partial charge in [-0.15, -0.1) is 0 Å². The summed E-state index contributed by atoms with van der Waals surface area (Å²) in [6, 6.07) is 0. The highest BCUT2D eigenvalue weighted by Crippen LogP contribution is 2.55. The van der Waals surface area contributed by atoms with Crippen LogP contribution in [0.4, 0.5) is 39.5 Å². The predicted molar refractivity (Wildman–Crippen MR) is 101 cm³/mol. The molecule has 9 heteroatoms. The third-order valence-corrected chi connectivity index (χ3v) is 7.49. The van der Waals surface area contributed by atoms with Gasteiger partial charge in [0.05, 0.1) is 0 Å². The molecule has 0 nitrogen and oxygen atoms in total. The zero-order chi connectivity index (χ0) is 23.5. The lowest BCUT2D eigenvalue weighted by molar-refractivity contribution is -0.397. The van der Waals surface area contributed by atoms with E-state index in [2.05, 4.69) is 6.92 Å². The molecule has 0 spiro atoms. The Hall–Kier alpha value is -0.630. The summed E-state index contributed by atoms with van der Waals surface area (Å²) >= 11 is 0. The molecule has 0 aromatic carbocycles. The molecule has 0 N–H and O–H groups in total. The van der Waals surface area contributed by atoms with Crippen molar-refractivity contribution in [3.63, 3.8) is 0 Å². The maximum absolute atomic E-state index is 13.7. The minimum atomic E-state index is -6.78. The van der Waals surface area contributed by atoms with Gasteiger partial charge in [-0.2, -0.15) is 39.5 Å². The summed E-state index contributed by atoms with van der Waals surface area (Å²) < 4.78 is 117. The van der Waals surface area contributed by atoms with Crippen LogP contribution in [0, 0.1) is 23.7 Å². The first-order valence-electron chi connectivity index (χ1n) is 11.4. The van der Waals surface area contributed by atoms with Crippen molar-refractivity contribution in [1.82, 2.24) is 0 Å². The molecule has 0 bridgehead atoms. The van der Waals surface area contributed by atoms with Crippen LogP contribution in [-0.4, -0.2) is 23.9 Å². The van der Waals surface area contributed by atoms with Crippen LogP contribution in [0.15, 0.2) is 0 Å². The second kappa shape index (κ2) is 10.1. The van der Waals surface area contributed by atoms with Crippen LogP contribution in [0.25, 0.3) is 0 Å². The third-order valence-electron chi connectivity index (χ3n) is 7.49. The average Bonchev–Trinajstić information content (AvgIpc) is 2.70. The Morgan fingerprint density at radius 2 is 1.00 bits per heavy atom. The molecule has 184 valence electrons. The summed E-state index contributed by atoms with van der Waals surface area (Å²) in [6.45, 7) is 2.17. The number of halogens is 9. The van der Waals surface area contributed by atoms with Crippen molar-refractivity contribution >= 4 is 0 Å². The first-order chi connectivity index (χ1) is 14.2. The topological polar surface area (TPSA) is 0 Å². The summed E-state index contributed by atoms with van der Waals surface area (Å²) in [5, 5.41) is 0. The van der Waals surface area contributed by atoms with Gasteiger partial charge in [0.25, 0.3) is 0 Å². The van der Waals surface area contributed by atoms with Gasteiger partial charge >= 0.3 is 23.9 Å². The van der Waals surface area contributed by atoms with Crippen molar-refractivity contribution < 1.29 is 39.5 Å². The lowest BCUT2D eigenvalue weighted by atomic mass is 9.68. The second-order valence-electron chi connectivity index (χ2n) is 9.59. The molecular formula is C22H33F9. The summed E-state index contributed by atoms with van der Waals surface area (Å²) in [7, 11) is 0. The third kappa shape index (κ3) is 6.04. The lowest BCUT2D eigenvalue weighted by Gasteiger charge is -2.38. The van der Waals surface area contributed by atoms with E-state index in [-0.39, 0.29) is 5.92 Å². The molecule has 2 aliphatic carbocycles. The van der Waals surface area contributed by atoms with Crippen LogP contribution in [0.2, 0.25) is 0 Å². The molecule has 0 atom stereocenters. The van der Waals surface area contributed by atoms with Crippen LogP contribution < -0.4 is 0 Å². The Kier molecular flexibility index (Phi) is 8.68. The Labute approximate surface area is 178 Å². The summed E-state index contributed by atoms with van der Waals surface area (Å²) in [4.78, 5) is 0. The van der Waals surface area contributed by atoms with Crippen molar-refractivity contribution in [1.29, 1.82) is 0 Å². The van der Waals surface area contributed by atoms with Crippen molar-refractivity contribution in [3.8, 4) is 0 Å². The van der Waals surface area contributed by atoms with Crippen LogP contribution >= 0.6 is 0 Å². The van der Waals surface area contributed by atoms with Crippen LogP contribution in [0.1, 0.15) is 90.4 Å². The highest BCUT2D eigenvalue weighted by atomic mass is 19.4. The number of unbranched alkanes of at least 4 members (excludes halogenated alkanes) is 1. The fourth-order valence-corrected chi connectivity index (χ4v) is 5.34. The van der Waals surface area contributed by atoms with E-state index in [1.165, 1.54) is 32.1 Å². The van der Waals surface area contributed by atoms with Crippen molar-refractivity contribution in [2.24, 2.45) is 23.7 Å². The molecule has 2 fully saturated rings. The minimum Gasteiger partial charge on any atom is -0.200 e. The van der Waals surface area contributed by atoms with Crippen molar-refractivity contribution in [3.05, 3.63) is 0 Å². The minimum absolute atomic E-state index is 0.349. The monoisotopic (exact) mass is 468 g/mol. The molecule has 0 radical (unpaired) electrons. The van der Waals surface area contributed by atoms with E-state index in [1.54, 1.807) is 0 Å². The first kappa shape index (κ1) is 26.6. The van der Waals surface area contributed by atoms with Crippen molar-refractivity contribution in [2.75, 3.05) is 0 Å². The van der Waals surface area contributed by atoms with Gasteiger partial charge in [0.2, 0.25) is 0 Å². The Morgan fingerprint density at radius 1 is 0.581 bits per heavy atom. The summed E-state index contributed by atoms with van der Waals surface area (Å²) in [5.74, 6) is -17.2. The van der Waals surface area contributed by atoms with E-state index in [0.29, 0.717) is 24.7 Å². The van der Waals surface area contributed by atoms with E-state index in [9.17, 15) is 39.5 Å². The smallest absolute Gasteiger partial charge is 0.200 e. The normalized spacial score (nSPS) is 29.2. The first-order valence-corrected chi connectivity index (χ1v) is 11.4. The lowest BCUT2D eigenvalue weighted by Crippen LogP contribution is -2.60. The Morgan fingerprint density at radius 3 is 1.39 bits per heavy atom. The molecule has 0 aliphatic heterocycles. The van der Waals surface area contributed by atoms with Gasteiger partial charge in [0, 0.05) is 6.42 Å². The van der Waals surface area contributed by atoms with Crippen LogP contribution in [0.3, 0.4) is 0 Å². The molecule has 0 amide bonds. The second-order valence-corrected chi connectivity index (χ2v) is 9.59. The molecule has 0 unspecified atom stereocenters. The fourth-order valence-electron chi connectivity index (χ4n) is 5.34. The van der Waals surface area contributed by atoms with Crippen LogP contribution in [-0.2, 0) is 0 Å². The highest BCUT2D eigenvalue weighted by Gasteiger charge is 2.81. The number of hydrogen-bond acceptors (Lipinski definition) is 0. The average molecular weight is 468 g/mol. The molecule has 0 heterocycles. The van der Waals surface area contributed by atoms with Crippen molar-refractivity contribution in [2.45, 2.75) is 114 Å². The molecule has 31 heavy (non-hydrogen) atoms. The van der Waals surface area contributed by atoms with E-state index < -0.39 is 36.8 Å². The molecule has 2 saturated carbocycles. The van der Waals surface area contributed by atoms with E-state index in [0.717, 1.165) is 31.6 Å². The van der Waals surface area contributed by atoms with Gasteiger partial charge in [0.15, 0.2) is 0 Å². The molecular weight excluding hydrogens is 435 g/mol. The quantitative estimate of drug-likeness (QED) is 0.296. The molecule has 2 aliphatic rings. The highest BCUT2D eigenvalue weighted by molar-refractivity contribution is 5.00. The standard InChI is InChI=1S/C22H33F9/c1-2-3-4-15-5-9-17(10-6-15)18-11-7-16(8-12-18)13-14-19(23,24)20(25,26)21(27,28)22(29,30)31/h15-18H,2-14H2,1H3. The molecule has 0 saturated heterocycles. The van der Waals surface area contributed by atoms with E-state index >= 15 is 0 Å². The van der Waals surface area contributed by atoms with E-state index in [4.69, 9.17) is 0 Å². The zero-order valence-electron chi connectivity index (χ0n) is 17.9. The fraction of sp³-hybridized carbons (Fsp3) is 1.00. The van der Waals surface area contributed by atoms with Crippen LogP contribution in [0.5, 0.6) is 0 Å². The van der Waals surface area contributed by atoms with Gasteiger partial charge in [-0.1, -0.05) is 51.9 Å². The van der Waals surface area contributed by atoms with E-state index in [1.807, 2.05) is 0 Å². The molecule has 0 aromatic rings. The number of rotatable bonds is 9.